The summed E-state index contributed by atoms with van der Waals surface area (Å²) in [6, 6.07) is 10.8. The van der Waals surface area contributed by atoms with Gasteiger partial charge < -0.3 is 4.90 Å². The van der Waals surface area contributed by atoms with Crippen LogP contribution in [0.5, 0.6) is 0 Å². The van der Waals surface area contributed by atoms with Crippen molar-refractivity contribution < 1.29 is 18.8 Å². The molecule has 0 spiro atoms. The van der Waals surface area contributed by atoms with Gasteiger partial charge in [-0.3, -0.25) is 19.3 Å². The summed E-state index contributed by atoms with van der Waals surface area (Å²) in [4.78, 5) is 39.7. The van der Waals surface area contributed by atoms with Gasteiger partial charge in [0, 0.05) is 12.2 Å². The third-order valence-corrected chi connectivity index (χ3v) is 4.41. The monoisotopic (exact) mass is 324 g/mol. The van der Waals surface area contributed by atoms with Gasteiger partial charge in [0.05, 0.1) is 11.1 Å². The first-order valence-electron chi connectivity index (χ1n) is 7.60. The normalized spacial score (nSPS) is 15.7. The molecule has 0 N–H and O–H groups in total. The molecule has 0 unspecified atom stereocenters. The van der Waals surface area contributed by atoms with Crippen LogP contribution in [0.25, 0.3) is 0 Å². The van der Waals surface area contributed by atoms with E-state index in [4.69, 9.17) is 0 Å². The molecule has 2 aliphatic rings. The fourth-order valence-electron chi connectivity index (χ4n) is 3.23. The van der Waals surface area contributed by atoms with Crippen LogP contribution in [0.3, 0.4) is 0 Å². The number of imide groups is 1. The Kier molecular flexibility index (Phi) is 3.19. The molecule has 2 aliphatic heterocycles. The maximum atomic E-state index is 13.3. The van der Waals surface area contributed by atoms with Gasteiger partial charge >= 0.3 is 0 Å². The standard InChI is InChI=1S/C18H13FN2O3/c19-12-5-6-15-11(9-12)7-8-20(15)16(22)10-21-17(23)13-3-1-2-4-14(13)18(21)24/h1-6,9H,7-8,10H2. The lowest BCUT2D eigenvalue weighted by atomic mass is 10.1. The molecule has 0 aromatic heterocycles. The number of carbonyl (C=O) groups is 3. The van der Waals surface area contributed by atoms with E-state index in [1.165, 1.54) is 17.0 Å². The molecule has 0 atom stereocenters. The molecule has 0 aliphatic carbocycles. The molecule has 0 saturated heterocycles. The highest BCUT2D eigenvalue weighted by molar-refractivity contribution is 6.22. The highest BCUT2D eigenvalue weighted by Gasteiger charge is 2.37. The first-order chi connectivity index (χ1) is 11.6. The summed E-state index contributed by atoms with van der Waals surface area (Å²) in [6.07, 6.45) is 0.556. The number of anilines is 1. The SMILES string of the molecule is O=C1c2ccccc2C(=O)N1CC(=O)N1CCc2cc(F)ccc21. The van der Waals surface area contributed by atoms with Crippen LogP contribution in [-0.2, 0) is 11.2 Å². The van der Waals surface area contributed by atoms with Crippen molar-refractivity contribution in [1.82, 2.24) is 4.90 Å². The van der Waals surface area contributed by atoms with E-state index in [2.05, 4.69) is 0 Å². The molecule has 2 aromatic rings. The Labute approximate surface area is 137 Å². The summed E-state index contributed by atoms with van der Waals surface area (Å²) in [6.45, 7) is 0.101. The van der Waals surface area contributed by atoms with Gasteiger partial charge in [0.2, 0.25) is 5.91 Å². The molecule has 0 radical (unpaired) electrons. The quantitative estimate of drug-likeness (QED) is 0.794. The topological polar surface area (TPSA) is 57.7 Å². The van der Waals surface area contributed by atoms with Crippen LogP contribution in [0.1, 0.15) is 26.3 Å². The average molecular weight is 324 g/mol. The van der Waals surface area contributed by atoms with E-state index < -0.39 is 11.8 Å². The third kappa shape index (κ3) is 2.11. The van der Waals surface area contributed by atoms with E-state index >= 15 is 0 Å². The van der Waals surface area contributed by atoms with E-state index in [9.17, 15) is 18.8 Å². The van der Waals surface area contributed by atoms with Gasteiger partial charge in [-0.2, -0.15) is 0 Å². The third-order valence-electron chi connectivity index (χ3n) is 4.41. The summed E-state index contributed by atoms with van der Waals surface area (Å²) in [7, 11) is 0. The molecule has 24 heavy (non-hydrogen) atoms. The fourth-order valence-corrected chi connectivity index (χ4v) is 3.23. The molecule has 0 saturated carbocycles. The summed E-state index contributed by atoms with van der Waals surface area (Å²) < 4.78 is 13.3. The van der Waals surface area contributed by atoms with Crippen LogP contribution in [0, 0.1) is 5.82 Å². The molecule has 2 aromatic carbocycles. The van der Waals surface area contributed by atoms with Crippen LogP contribution < -0.4 is 4.90 Å². The van der Waals surface area contributed by atoms with E-state index in [1.807, 2.05) is 0 Å². The Bertz CT molecular complexity index is 859. The molecule has 6 heteroatoms. The van der Waals surface area contributed by atoms with Crippen molar-refractivity contribution in [2.45, 2.75) is 6.42 Å². The number of benzene rings is 2. The number of nitrogens with zero attached hydrogens (tertiary/aromatic N) is 2. The van der Waals surface area contributed by atoms with Crippen molar-refractivity contribution in [3.05, 3.63) is 65.0 Å². The van der Waals surface area contributed by atoms with Crippen molar-refractivity contribution >= 4 is 23.4 Å². The molecular weight excluding hydrogens is 311 g/mol. The van der Waals surface area contributed by atoms with Crippen LogP contribution in [-0.4, -0.2) is 35.7 Å². The smallest absolute Gasteiger partial charge is 0.262 e. The van der Waals surface area contributed by atoms with Crippen molar-refractivity contribution in [1.29, 1.82) is 0 Å². The van der Waals surface area contributed by atoms with Gasteiger partial charge in [0.1, 0.15) is 12.4 Å². The number of halogens is 1. The summed E-state index contributed by atoms with van der Waals surface area (Å²) in [5.41, 5.74) is 2.03. The van der Waals surface area contributed by atoms with Gasteiger partial charge in [0.15, 0.2) is 0 Å². The number of rotatable bonds is 2. The molecule has 0 bridgehead atoms. The van der Waals surface area contributed by atoms with E-state index in [1.54, 1.807) is 30.3 Å². The summed E-state index contributed by atoms with van der Waals surface area (Å²) >= 11 is 0. The first kappa shape index (κ1) is 14.6. The highest BCUT2D eigenvalue weighted by Crippen LogP contribution is 2.29. The Hall–Kier alpha value is -3.02. The van der Waals surface area contributed by atoms with Crippen molar-refractivity contribution in [2.75, 3.05) is 18.0 Å². The second-order valence-electron chi connectivity index (χ2n) is 5.81. The number of amides is 3. The first-order valence-corrected chi connectivity index (χ1v) is 7.60. The zero-order valence-electron chi connectivity index (χ0n) is 12.7. The molecule has 3 amide bonds. The molecule has 120 valence electrons. The minimum Gasteiger partial charge on any atom is -0.310 e. The van der Waals surface area contributed by atoms with Crippen LogP contribution >= 0.6 is 0 Å². The Balaban J connectivity index is 1.57. The maximum absolute atomic E-state index is 13.3. The maximum Gasteiger partial charge on any atom is 0.262 e. The van der Waals surface area contributed by atoms with Gasteiger partial charge in [0.25, 0.3) is 11.8 Å². The number of fused-ring (bicyclic) bond motifs is 2. The zero-order valence-corrected chi connectivity index (χ0v) is 12.7. The molecule has 2 heterocycles. The Morgan fingerprint density at radius 2 is 1.71 bits per heavy atom. The van der Waals surface area contributed by atoms with Gasteiger partial charge in [-0.05, 0) is 42.3 Å². The Morgan fingerprint density at radius 1 is 1.04 bits per heavy atom. The van der Waals surface area contributed by atoms with E-state index in [-0.39, 0.29) is 18.3 Å². The van der Waals surface area contributed by atoms with E-state index in [0.29, 0.717) is 29.8 Å². The predicted molar refractivity (Wildman–Crippen MR) is 84.3 cm³/mol. The number of carbonyl (C=O) groups excluding carboxylic acids is 3. The summed E-state index contributed by atoms with van der Waals surface area (Å²) in [5.74, 6) is -1.61. The van der Waals surface area contributed by atoms with Crippen molar-refractivity contribution in [3.8, 4) is 0 Å². The minimum absolute atomic E-state index is 0.316. The van der Waals surface area contributed by atoms with Crippen LogP contribution in [0.2, 0.25) is 0 Å². The van der Waals surface area contributed by atoms with Gasteiger partial charge in [-0.25, -0.2) is 4.39 Å². The largest absolute Gasteiger partial charge is 0.310 e. The molecular formula is C18H13FN2O3. The zero-order chi connectivity index (χ0) is 16.8. The number of hydrogen-bond acceptors (Lipinski definition) is 3. The van der Waals surface area contributed by atoms with Crippen molar-refractivity contribution in [3.63, 3.8) is 0 Å². The number of hydrogen-bond donors (Lipinski definition) is 0. The molecule has 5 nitrogen and oxygen atoms in total. The molecule has 0 fully saturated rings. The fraction of sp³-hybridized carbons (Fsp3) is 0.167. The highest BCUT2D eigenvalue weighted by atomic mass is 19.1. The van der Waals surface area contributed by atoms with E-state index in [0.717, 1.165) is 10.5 Å². The van der Waals surface area contributed by atoms with Gasteiger partial charge in [-0.15, -0.1) is 0 Å². The Morgan fingerprint density at radius 3 is 2.38 bits per heavy atom. The molecule has 4 rings (SSSR count). The second-order valence-corrected chi connectivity index (χ2v) is 5.81. The predicted octanol–water partition coefficient (Wildman–Crippen LogP) is 2.01. The van der Waals surface area contributed by atoms with Crippen LogP contribution in [0.15, 0.2) is 42.5 Å². The average Bonchev–Trinajstić information content (AvgIpc) is 3.10. The lowest BCUT2D eigenvalue weighted by Crippen LogP contribution is -2.42. The minimum atomic E-state index is -0.456. The summed E-state index contributed by atoms with van der Waals surface area (Å²) in [5, 5.41) is 0. The van der Waals surface area contributed by atoms with Gasteiger partial charge in [-0.1, -0.05) is 12.1 Å². The van der Waals surface area contributed by atoms with Crippen molar-refractivity contribution in [2.24, 2.45) is 0 Å². The second kappa shape index (κ2) is 5.26. The van der Waals surface area contributed by atoms with Crippen LogP contribution in [0.4, 0.5) is 10.1 Å². The lowest BCUT2D eigenvalue weighted by Gasteiger charge is -2.20. The lowest BCUT2D eigenvalue weighted by molar-refractivity contribution is -0.118.